The number of aromatic nitrogens is 4. The Morgan fingerprint density at radius 3 is 2.71 bits per heavy atom. The zero-order valence-electron chi connectivity index (χ0n) is 16.3. The third kappa shape index (κ3) is 3.27. The van der Waals surface area contributed by atoms with E-state index in [0.29, 0.717) is 24.3 Å². The summed E-state index contributed by atoms with van der Waals surface area (Å²) in [6.07, 6.45) is 2.81. The van der Waals surface area contributed by atoms with Gasteiger partial charge in [-0.2, -0.15) is 0 Å². The van der Waals surface area contributed by atoms with Crippen molar-refractivity contribution in [3.63, 3.8) is 0 Å². The molecular weight excluding hydrogens is 404 g/mol. The Hall–Kier alpha value is -3.25. The molecule has 0 spiro atoms. The van der Waals surface area contributed by atoms with E-state index in [9.17, 15) is 20.4 Å². The minimum Gasteiger partial charge on any atom is -0.504 e. The molecule has 1 aliphatic heterocycles. The molecule has 11 nitrogen and oxygen atoms in total. The molecule has 3 heterocycles. The smallest absolute Gasteiger partial charge is 0.167 e. The Morgan fingerprint density at radius 2 is 1.87 bits per heavy atom. The highest BCUT2D eigenvalue weighted by molar-refractivity contribution is 5.81. The summed E-state index contributed by atoms with van der Waals surface area (Å²) in [5, 5.41) is 43.7. The number of aromatic hydroxyl groups is 2. The number of benzene rings is 1. The van der Waals surface area contributed by atoms with Gasteiger partial charge < -0.3 is 36.2 Å². The molecule has 0 saturated carbocycles. The number of nitrogens with zero attached hydrogens (tertiary/aromatic N) is 4. The topological polar surface area (TPSA) is 172 Å². The van der Waals surface area contributed by atoms with Gasteiger partial charge in [0.05, 0.1) is 6.33 Å². The minimum absolute atomic E-state index is 0.00182. The van der Waals surface area contributed by atoms with Gasteiger partial charge in [-0.25, -0.2) is 15.0 Å². The average Bonchev–Trinajstić information content (AvgIpc) is 3.42. The number of hydrogen-bond donors (Lipinski definition) is 6. The van der Waals surface area contributed by atoms with Crippen LogP contribution >= 0.6 is 0 Å². The molecule has 3 aromatic rings. The molecule has 0 bridgehead atoms. The first kappa shape index (κ1) is 19.7. The van der Waals surface area contributed by atoms with Crippen LogP contribution in [0.2, 0.25) is 0 Å². The first-order valence-corrected chi connectivity index (χ1v) is 9.83. The SMILES string of the molecule is Nc1ncnc2c1ncn2C1OC(CNCC2C=Cc3cc(O)c(O)cc32)C(O)C1O. The molecule has 7 N–H and O–H groups in total. The van der Waals surface area contributed by atoms with E-state index >= 15 is 0 Å². The van der Waals surface area contributed by atoms with E-state index in [1.807, 2.05) is 12.2 Å². The second-order valence-corrected chi connectivity index (χ2v) is 7.72. The van der Waals surface area contributed by atoms with Crippen molar-refractivity contribution in [3.05, 3.63) is 42.0 Å². The van der Waals surface area contributed by atoms with Gasteiger partial charge in [0.25, 0.3) is 0 Å². The van der Waals surface area contributed by atoms with Crippen molar-refractivity contribution in [1.82, 2.24) is 24.8 Å². The number of nitrogens with one attached hydrogen (secondary N) is 1. The van der Waals surface area contributed by atoms with Crippen molar-refractivity contribution < 1.29 is 25.2 Å². The maximum Gasteiger partial charge on any atom is 0.167 e. The summed E-state index contributed by atoms with van der Waals surface area (Å²) in [6.45, 7) is 0.820. The molecular formula is C20H22N6O5. The van der Waals surface area contributed by atoms with Gasteiger partial charge in [0.2, 0.25) is 0 Å². The molecule has 5 rings (SSSR count). The van der Waals surface area contributed by atoms with Gasteiger partial charge in [-0.1, -0.05) is 12.2 Å². The molecule has 11 heteroatoms. The average molecular weight is 426 g/mol. The van der Waals surface area contributed by atoms with Gasteiger partial charge in [-0.15, -0.1) is 0 Å². The summed E-state index contributed by atoms with van der Waals surface area (Å²) in [7, 11) is 0. The lowest BCUT2D eigenvalue weighted by atomic mass is 10.00. The number of aliphatic hydroxyl groups excluding tert-OH is 2. The Kier molecular flexibility index (Phi) is 4.74. The second kappa shape index (κ2) is 7.46. The molecule has 2 aliphatic rings. The number of aliphatic hydroxyl groups is 2. The summed E-state index contributed by atoms with van der Waals surface area (Å²) in [5.74, 6) is -0.0965. The second-order valence-electron chi connectivity index (χ2n) is 7.72. The maximum absolute atomic E-state index is 10.5. The number of phenols is 2. The lowest BCUT2D eigenvalue weighted by Crippen LogP contribution is -2.38. The summed E-state index contributed by atoms with van der Waals surface area (Å²) in [5.41, 5.74) is 8.37. The molecule has 31 heavy (non-hydrogen) atoms. The van der Waals surface area contributed by atoms with E-state index in [1.165, 1.54) is 23.3 Å². The lowest BCUT2D eigenvalue weighted by Gasteiger charge is -2.18. The number of nitrogen functional groups attached to an aromatic ring is 1. The van der Waals surface area contributed by atoms with E-state index in [1.54, 1.807) is 6.07 Å². The summed E-state index contributed by atoms with van der Waals surface area (Å²) in [6, 6.07) is 3.08. The molecule has 1 saturated heterocycles. The van der Waals surface area contributed by atoms with Crippen LogP contribution in [0.1, 0.15) is 23.3 Å². The van der Waals surface area contributed by atoms with Crippen LogP contribution in [0.25, 0.3) is 17.2 Å². The van der Waals surface area contributed by atoms with Crippen LogP contribution in [0, 0.1) is 0 Å². The third-order valence-corrected chi connectivity index (χ3v) is 5.80. The van der Waals surface area contributed by atoms with E-state index in [0.717, 1.165) is 11.1 Å². The number of rotatable bonds is 5. The number of phenolic OH excluding ortho intramolecular Hbond substituents is 2. The summed E-state index contributed by atoms with van der Waals surface area (Å²) in [4.78, 5) is 12.2. The van der Waals surface area contributed by atoms with Crippen molar-refractivity contribution in [1.29, 1.82) is 0 Å². The molecule has 2 aromatic heterocycles. The number of imidazole rings is 1. The highest BCUT2D eigenvalue weighted by atomic mass is 16.6. The first-order chi connectivity index (χ1) is 14.9. The number of hydrogen-bond acceptors (Lipinski definition) is 10. The van der Waals surface area contributed by atoms with Crippen molar-refractivity contribution in [2.75, 3.05) is 18.8 Å². The number of anilines is 1. The van der Waals surface area contributed by atoms with Gasteiger partial charge in [0.1, 0.15) is 30.2 Å². The van der Waals surface area contributed by atoms with E-state index < -0.39 is 24.5 Å². The van der Waals surface area contributed by atoms with Crippen molar-refractivity contribution in [2.24, 2.45) is 0 Å². The van der Waals surface area contributed by atoms with Crippen LogP contribution in [0.4, 0.5) is 5.82 Å². The van der Waals surface area contributed by atoms with Crippen molar-refractivity contribution >= 4 is 23.1 Å². The monoisotopic (exact) mass is 426 g/mol. The molecule has 162 valence electrons. The van der Waals surface area contributed by atoms with Crippen molar-refractivity contribution in [2.45, 2.75) is 30.5 Å². The minimum atomic E-state index is -1.17. The molecule has 1 aliphatic carbocycles. The van der Waals surface area contributed by atoms with Gasteiger partial charge in [-0.3, -0.25) is 4.57 Å². The van der Waals surface area contributed by atoms with Crippen LogP contribution in [-0.2, 0) is 4.74 Å². The first-order valence-electron chi connectivity index (χ1n) is 9.83. The van der Waals surface area contributed by atoms with Gasteiger partial charge >= 0.3 is 0 Å². The zero-order chi connectivity index (χ0) is 21.7. The van der Waals surface area contributed by atoms with E-state index in [2.05, 4.69) is 20.3 Å². The Balaban J connectivity index is 1.25. The fourth-order valence-electron chi connectivity index (χ4n) is 4.14. The Morgan fingerprint density at radius 1 is 1.06 bits per heavy atom. The van der Waals surface area contributed by atoms with Gasteiger partial charge in [0, 0.05) is 19.0 Å². The largest absolute Gasteiger partial charge is 0.504 e. The Labute approximate surface area is 176 Å². The maximum atomic E-state index is 10.5. The van der Waals surface area contributed by atoms with Crippen LogP contribution < -0.4 is 11.1 Å². The van der Waals surface area contributed by atoms with Crippen molar-refractivity contribution in [3.8, 4) is 11.5 Å². The van der Waals surface area contributed by atoms with Crippen LogP contribution in [0.15, 0.2) is 30.9 Å². The highest BCUT2D eigenvalue weighted by Crippen LogP contribution is 2.37. The van der Waals surface area contributed by atoms with Crippen LogP contribution in [-0.4, -0.2) is 71.3 Å². The molecule has 0 amide bonds. The van der Waals surface area contributed by atoms with Gasteiger partial charge in [0.15, 0.2) is 29.2 Å². The Bertz CT molecular complexity index is 1160. The molecule has 5 atom stereocenters. The summed E-state index contributed by atoms with van der Waals surface area (Å²) >= 11 is 0. The number of ether oxygens (including phenoxy) is 1. The predicted molar refractivity (Wildman–Crippen MR) is 110 cm³/mol. The highest BCUT2D eigenvalue weighted by Gasteiger charge is 2.44. The fourth-order valence-corrected chi connectivity index (χ4v) is 4.14. The standard InChI is InChI=1S/C20H22N6O5/c21-18-15-19(24-7-23-18)26(8-25-15)20-17(30)16(29)14(31-20)6-22-5-10-2-1-9-3-12(27)13(28)4-11(9)10/h1-4,7-8,10,14,16-17,20,22,27-30H,5-6H2,(H2,21,23,24). The summed E-state index contributed by atoms with van der Waals surface area (Å²) < 4.78 is 7.45. The number of fused-ring (bicyclic) bond motifs is 2. The number of nitrogens with two attached hydrogens (primary N) is 1. The van der Waals surface area contributed by atoms with Gasteiger partial charge in [-0.05, 0) is 23.3 Å². The quantitative estimate of drug-likeness (QED) is 0.301. The van der Waals surface area contributed by atoms with Crippen LogP contribution in [0.5, 0.6) is 11.5 Å². The molecule has 5 unspecified atom stereocenters. The fraction of sp³-hybridized carbons (Fsp3) is 0.350. The normalized spacial score (nSPS) is 27.2. The molecule has 0 radical (unpaired) electrons. The van der Waals surface area contributed by atoms with Crippen LogP contribution in [0.3, 0.4) is 0 Å². The molecule has 1 fully saturated rings. The third-order valence-electron chi connectivity index (χ3n) is 5.80. The lowest BCUT2D eigenvalue weighted by molar-refractivity contribution is -0.0341. The van der Waals surface area contributed by atoms with E-state index in [-0.39, 0.29) is 23.2 Å². The zero-order valence-corrected chi connectivity index (χ0v) is 16.3. The molecule has 1 aromatic carbocycles. The van der Waals surface area contributed by atoms with E-state index in [4.69, 9.17) is 10.5 Å². The predicted octanol–water partition coefficient (Wildman–Crippen LogP) is -0.161.